The van der Waals surface area contributed by atoms with Gasteiger partial charge in [0.15, 0.2) is 0 Å². The van der Waals surface area contributed by atoms with Crippen LogP contribution in [0.2, 0.25) is 0 Å². The molecule has 1 aromatic heterocycles. The number of hydrogen-bond acceptors (Lipinski definition) is 4. The van der Waals surface area contributed by atoms with Crippen LogP contribution in [-0.4, -0.2) is 36.8 Å². The molecule has 1 saturated carbocycles. The van der Waals surface area contributed by atoms with Crippen molar-refractivity contribution in [1.29, 1.82) is 0 Å². The molecule has 0 radical (unpaired) electrons. The fraction of sp³-hybridized carbons (Fsp3) is 0.706. The van der Waals surface area contributed by atoms with Crippen LogP contribution < -0.4 is 10.2 Å². The van der Waals surface area contributed by atoms with Crippen molar-refractivity contribution in [2.24, 2.45) is 5.92 Å². The Balaban J connectivity index is 2.16. The summed E-state index contributed by atoms with van der Waals surface area (Å²) in [5, 5.41) is 3.45. The molecule has 0 saturated heterocycles. The summed E-state index contributed by atoms with van der Waals surface area (Å²) in [6, 6.07) is 6.74. The van der Waals surface area contributed by atoms with Crippen LogP contribution in [0, 0.1) is 5.92 Å². The standard InChI is InChI=1S/C17H29N3O/c1-13(14-9-10-14)20(11-12-21-5)16-8-6-7-15(18-16)19-17(2,3)4/h6-8,13-14H,9-12H2,1-5H3,(H,18,19). The number of ether oxygens (including phenoxy) is 1. The molecule has 0 aliphatic heterocycles. The Hall–Kier alpha value is -1.29. The van der Waals surface area contributed by atoms with Crippen molar-refractivity contribution in [2.75, 3.05) is 30.5 Å². The van der Waals surface area contributed by atoms with Gasteiger partial charge in [-0.1, -0.05) is 6.07 Å². The molecule has 1 unspecified atom stereocenters. The van der Waals surface area contributed by atoms with Gasteiger partial charge in [-0.3, -0.25) is 0 Å². The smallest absolute Gasteiger partial charge is 0.131 e. The van der Waals surface area contributed by atoms with Gasteiger partial charge in [-0.15, -0.1) is 0 Å². The maximum atomic E-state index is 5.27. The molecule has 4 nitrogen and oxygen atoms in total. The minimum absolute atomic E-state index is 0.0189. The van der Waals surface area contributed by atoms with Gasteiger partial charge in [0.2, 0.25) is 0 Å². The summed E-state index contributed by atoms with van der Waals surface area (Å²) in [6.07, 6.45) is 2.68. The summed E-state index contributed by atoms with van der Waals surface area (Å²) in [5.74, 6) is 2.79. The van der Waals surface area contributed by atoms with Crippen molar-refractivity contribution in [3.63, 3.8) is 0 Å². The zero-order valence-electron chi connectivity index (χ0n) is 14.0. The third-order valence-electron chi connectivity index (χ3n) is 3.86. The normalized spacial score (nSPS) is 16.6. The second-order valence-electron chi connectivity index (χ2n) is 7.02. The number of methoxy groups -OCH3 is 1. The molecule has 2 rings (SSSR count). The van der Waals surface area contributed by atoms with Crippen molar-refractivity contribution in [3.8, 4) is 0 Å². The molecule has 1 aliphatic rings. The first-order valence-corrected chi connectivity index (χ1v) is 7.91. The molecule has 1 heterocycles. The highest BCUT2D eigenvalue weighted by molar-refractivity contribution is 5.49. The van der Waals surface area contributed by atoms with Crippen molar-refractivity contribution < 1.29 is 4.74 Å². The van der Waals surface area contributed by atoms with Gasteiger partial charge in [-0.25, -0.2) is 4.98 Å². The van der Waals surface area contributed by atoms with Gasteiger partial charge in [0.25, 0.3) is 0 Å². The van der Waals surface area contributed by atoms with E-state index >= 15 is 0 Å². The fourth-order valence-electron chi connectivity index (χ4n) is 2.59. The van der Waals surface area contributed by atoms with Gasteiger partial charge >= 0.3 is 0 Å². The minimum atomic E-state index is 0.0189. The highest BCUT2D eigenvalue weighted by Gasteiger charge is 2.32. The van der Waals surface area contributed by atoms with Gasteiger partial charge in [0.05, 0.1) is 6.61 Å². The Morgan fingerprint density at radius 3 is 2.67 bits per heavy atom. The Bertz CT molecular complexity index is 452. The van der Waals surface area contributed by atoms with E-state index in [2.05, 4.69) is 50.0 Å². The van der Waals surface area contributed by atoms with Crippen LogP contribution in [0.25, 0.3) is 0 Å². The fourth-order valence-corrected chi connectivity index (χ4v) is 2.59. The number of aromatic nitrogens is 1. The van der Waals surface area contributed by atoms with Gasteiger partial charge in [-0.05, 0) is 58.6 Å². The predicted octanol–water partition coefficient (Wildman–Crippen LogP) is 3.54. The summed E-state index contributed by atoms with van der Waals surface area (Å²) in [6.45, 7) is 10.4. The van der Waals surface area contributed by atoms with Crippen molar-refractivity contribution >= 4 is 11.6 Å². The van der Waals surface area contributed by atoms with Gasteiger partial charge < -0.3 is 15.0 Å². The molecular weight excluding hydrogens is 262 g/mol. The zero-order chi connectivity index (χ0) is 15.5. The molecule has 0 bridgehead atoms. The number of nitrogens with zero attached hydrogens (tertiary/aromatic N) is 2. The first kappa shape index (κ1) is 16.1. The van der Waals surface area contributed by atoms with Crippen LogP contribution in [0.4, 0.5) is 11.6 Å². The molecule has 0 aromatic carbocycles. The van der Waals surface area contributed by atoms with Crippen LogP contribution in [-0.2, 0) is 4.74 Å². The second-order valence-corrected chi connectivity index (χ2v) is 7.02. The number of pyridine rings is 1. The lowest BCUT2D eigenvalue weighted by molar-refractivity contribution is 0.202. The largest absolute Gasteiger partial charge is 0.383 e. The van der Waals surface area contributed by atoms with E-state index in [1.54, 1.807) is 7.11 Å². The first-order valence-electron chi connectivity index (χ1n) is 7.91. The van der Waals surface area contributed by atoms with Crippen LogP contribution in [0.5, 0.6) is 0 Å². The molecule has 4 heteroatoms. The molecule has 118 valence electrons. The third-order valence-corrected chi connectivity index (χ3v) is 3.86. The van der Waals surface area contributed by atoms with Crippen LogP contribution in [0.3, 0.4) is 0 Å². The van der Waals surface area contributed by atoms with Gasteiger partial charge in [-0.2, -0.15) is 0 Å². The molecule has 1 aliphatic carbocycles. The molecule has 1 N–H and O–H groups in total. The Labute approximate surface area is 128 Å². The molecule has 21 heavy (non-hydrogen) atoms. The summed E-state index contributed by atoms with van der Waals surface area (Å²) in [7, 11) is 1.75. The second kappa shape index (κ2) is 6.65. The monoisotopic (exact) mass is 291 g/mol. The number of nitrogens with one attached hydrogen (secondary N) is 1. The van der Waals surface area contributed by atoms with Crippen LogP contribution in [0.15, 0.2) is 18.2 Å². The zero-order valence-corrected chi connectivity index (χ0v) is 14.0. The van der Waals surface area contributed by atoms with E-state index in [1.165, 1.54) is 12.8 Å². The lowest BCUT2D eigenvalue weighted by Crippen LogP contribution is -2.38. The molecule has 1 fully saturated rings. The van der Waals surface area contributed by atoms with E-state index < -0.39 is 0 Å². The van der Waals surface area contributed by atoms with Crippen molar-refractivity contribution in [2.45, 2.75) is 52.1 Å². The number of rotatable bonds is 7. The quantitative estimate of drug-likeness (QED) is 0.833. The van der Waals surface area contributed by atoms with Crippen molar-refractivity contribution in [1.82, 2.24) is 4.98 Å². The molecule has 0 amide bonds. The summed E-state index contributed by atoms with van der Waals surface area (Å²) < 4.78 is 5.27. The van der Waals surface area contributed by atoms with E-state index in [1.807, 2.05) is 6.07 Å². The molecule has 1 aromatic rings. The Morgan fingerprint density at radius 1 is 1.38 bits per heavy atom. The van der Waals surface area contributed by atoms with E-state index in [0.717, 1.165) is 30.7 Å². The molecule has 0 spiro atoms. The average Bonchev–Trinajstić information content (AvgIpc) is 3.21. The van der Waals surface area contributed by atoms with E-state index in [-0.39, 0.29) is 5.54 Å². The van der Waals surface area contributed by atoms with Crippen LogP contribution >= 0.6 is 0 Å². The highest BCUT2D eigenvalue weighted by Crippen LogP contribution is 2.36. The molecular formula is C17H29N3O. The topological polar surface area (TPSA) is 37.4 Å². The van der Waals surface area contributed by atoms with Gasteiger partial charge in [0, 0.05) is 25.2 Å². The van der Waals surface area contributed by atoms with E-state index in [9.17, 15) is 0 Å². The van der Waals surface area contributed by atoms with Crippen molar-refractivity contribution in [3.05, 3.63) is 18.2 Å². The number of anilines is 2. The highest BCUT2D eigenvalue weighted by atomic mass is 16.5. The lowest BCUT2D eigenvalue weighted by atomic mass is 10.1. The third kappa shape index (κ3) is 4.88. The minimum Gasteiger partial charge on any atom is -0.383 e. The average molecular weight is 291 g/mol. The summed E-state index contributed by atoms with van der Waals surface area (Å²) in [4.78, 5) is 7.19. The predicted molar refractivity (Wildman–Crippen MR) is 89.0 cm³/mol. The van der Waals surface area contributed by atoms with Gasteiger partial charge in [0.1, 0.15) is 11.6 Å². The number of hydrogen-bond donors (Lipinski definition) is 1. The maximum Gasteiger partial charge on any atom is 0.131 e. The Morgan fingerprint density at radius 2 is 2.10 bits per heavy atom. The Kier molecular flexibility index (Phi) is 5.09. The van der Waals surface area contributed by atoms with E-state index in [0.29, 0.717) is 6.04 Å². The summed E-state index contributed by atoms with van der Waals surface area (Å²) >= 11 is 0. The SMILES string of the molecule is COCCN(c1cccc(NC(C)(C)C)n1)C(C)C1CC1. The maximum absolute atomic E-state index is 5.27. The molecule has 1 atom stereocenters. The lowest BCUT2D eigenvalue weighted by Gasteiger charge is -2.31. The van der Waals surface area contributed by atoms with E-state index in [4.69, 9.17) is 9.72 Å². The first-order chi connectivity index (χ1) is 9.90. The summed E-state index contributed by atoms with van der Waals surface area (Å²) in [5.41, 5.74) is 0.0189. The van der Waals surface area contributed by atoms with Crippen LogP contribution in [0.1, 0.15) is 40.5 Å².